The molecule has 1 saturated heterocycles. The van der Waals surface area contributed by atoms with Crippen molar-refractivity contribution >= 4 is 15.9 Å². The highest BCUT2D eigenvalue weighted by Crippen LogP contribution is 2.29. The van der Waals surface area contributed by atoms with Gasteiger partial charge in [-0.25, -0.2) is 8.78 Å². The summed E-state index contributed by atoms with van der Waals surface area (Å²) in [5.41, 5.74) is 2.23. The van der Waals surface area contributed by atoms with Crippen LogP contribution in [-0.4, -0.2) is 30.5 Å². The van der Waals surface area contributed by atoms with Crippen molar-refractivity contribution in [3.63, 3.8) is 0 Å². The molecule has 0 aliphatic carbocycles. The van der Waals surface area contributed by atoms with E-state index in [1.165, 1.54) is 0 Å². The third-order valence-corrected chi connectivity index (χ3v) is 4.82. The highest BCUT2D eigenvalue weighted by molar-refractivity contribution is 9.10. The van der Waals surface area contributed by atoms with Crippen LogP contribution in [0.1, 0.15) is 17.5 Å². The van der Waals surface area contributed by atoms with Crippen molar-refractivity contribution in [3.8, 4) is 5.75 Å². The summed E-state index contributed by atoms with van der Waals surface area (Å²) in [6.07, 6.45) is 0.733. The number of halogens is 3. The summed E-state index contributed by atoms with van der Waals surface area (Å²) < 4.78 is 33.1. The molecule has 0 N–H and O–H groups in total. The molecule has 0 unspecified atom stereocenters. The van der Waals surface area contributed by atoms with Gasteiger partial charge in [0.15, 0.2) is 0 Å². The minimum atomic E-state index is -2.52. The van der Waals surface area contributed by atoms with Gasteiger partial charge in [-0.05, 0) is 45.6 Å². The zero-order valence-corrected chi connectivity index (χ0v) is 14.9. The van der Waals surface area contributed by atoms with Gasteiger partial charge in [-0.2, -0.15) is 0 Å². The number of nitrogens with zero attached hydrogens (tertiary/aromatic N) is 1. The standard InChI is InChI=1S/C19H20BrF2NO/c20-17-12-15(8-10-23-11-9-19(21,22)14-23)6-7-18(17)24-13-16-4-2-1-3-5-16/h1-7,12H,8-11,13-14H2. The smallest absolute Gasteiger partial charge is 0.261 e. The Morgan fingerprint density at radius 1 is 1.08 bits per heavy atom. The summed E-state index contributed by atoms with van der Waals surface area (Å²) in [6, 6.07) is 15.9. The fraction of sp³-hybridized carbons (Fsp3) is 0.368. The fourth-order valence-electron chi connectivity index (χ4n) is 2.84. The number of hydrogen-bond acceptors (Lipinski definition) is 2. The van der Waals surface area contributed by atoms with Crippen molar-refractivity contribution < 1.29 is 13.5 Å². The van der Waals surface area contributed by atoms with Crippen molar-refractivity contribution in [2.45, 2.75) is 25.4 Å². The van der Waals surface area contributed by atoms with Crippen molar-refractivity contribution in [2.24, 2.45) is 0 Å². The molecule has 128 valence electrons. The van der Waals surface area contributed by atoms with Crippen molar-refractivity contribution in [2.75, 3.05) is 19.6 Å². The molecule has 2 aromatic rings. The Hall–Kier alpha value is -1.46. The van der Waals surface area contributed by atoms with E-state index in [9.17, 15) is 8.78 Å². The SMILES string of the molecule is FC1(F)CCN(CCc2ccc(OCc3ccccc3)c(Br)c2)C1. The van der Waals surface area contributed by atoms with Crippen LogP contribution in [0.2, 0.25) is 0 Å². The lowest BCUT2D eigenvalue weighted by Gasteiger charge is -2.16. The van der Waals surface area contributed by atoms with Gasteiger partial charge >= 0.3 is 0 Å². The fourth-order valence-corrected chi connectivity index (χ4v) is 3.38. The quantitative estimate of drug-likeness (QED) is 0.688. The number of rotatable bonds is 6. The maximum atomic E-state index is 13.2. The van der Waals surface area contributed by atoms with Crippen LogP contribution in [-0.2, 0) is 13.0 Å². The predicted octanol–water partition coefficient (Wildman–Crippen LogP) is 4.91. The molecule has 1 fully saturated rings. The molecule has 24 heavy (non-hydrogen) atoms. The Morgan fingerprint density at radius 2 is 1.88 bits per heavy atom. The van der Waals surface area contributed by atoms with Gasteiger partial charge in [0.2, 0.25) is 0 Å². The normalized spacial score (nSPS) is 17.1. The van der Waals surface area contributed by atoms with E-state index in [2.05, 4.69) is 15.9 Å². The van der Waals surface area contributed by atoms with Crippen LogP contribution in [0.4, 0.5) is 8.78 Å². The Labute approximate surface area is 149 Å². The van der Waals surface area contributed by atoms with E-state index in [-0.39, 0.29) is 13.0 Å². The van der Waals surface area contributed by atoms with Gasteiger partial charge in [-0.1, -0.05) is 36.4 Å². The first-order chi connectivity index (χ1) is 11.5. The van der Waals surface area contributed by atoms with E-state index in [0.717, 1.165) is 27.8 Å². The first-order valence-electron chi connectivity index (χ1n) is 8.07. The van der Waals surface area contributed by atoms with Crippen LogP contribution in [0.15, 0.2) is 53.0 Å². The molecule has 5 heteroatoms. The van der Waals surface area contributed by atoms with E-state index in [0.29, 0.717) is 19.7 Å². The Kier molecular flexibility index (Phi) is 5.51. The summed E-state index contributed by atoms with van der Waals surface area (Å²) >= 11 is 3.53. The Morgan fingerprint density at radius 3 is 2.54 bits per heavy atom. The molecule has 0 spiro atoms. The van der Waals surface area contributed by atoms with Gasteiger partial charge in [0.05, 0.1) is 11.0 Å². The molecule has 0 amide bonds. The molecule has 1 aliphatic heterocycles. The summed E-state index contributed by atoms with van der Waals surface area (Å²) in [5.74, 6) is -1.73. The van der Waals surface area contributed by atoms with Crippen molar-refractivity contribution in [1.82, 2.24) is 4.90 Å². The number of benzene rings is 2. The lowest BCUT2D eigenvalue weighted by atomic mass is 10.1. The molecule has 1 aliphatic rings. The topological polar surface area (TPSA) is 12.5 Å². The molecule has 2 aromatic carbocycles. The van der Waals surface area contributed by atoms with Crippen molar-refractivity contribution in [3.05, 3.63) is 64.1 Å². The molecule has 3 rings (SSSR count). The van der Waals surface area contributed by atoms with E-state index < -0.39 is 5.92 Å². The van der Waals surface area contributed by atoms with E-state index in [1.807, 2.05) is 53.4 Å². The Bertz CT molecular complexity index is 678. The Balaban J connectivity index is 1.53. The predicted molar refractivity (Wildman–Crippen MR) is 94.6 cm³/mol. The maximum absolute atomic E-state index is 13.2. The summed E-state index contributed by atoms with van der Waals surface area (Å²) in [4.78, 5) is 1.83. The lowest BCUT2D eigenvalue weighted by Crippen LogP contribution is -2.27. The average Bonchev–Trinajstić information content (AvgIpc) is 2.92. The number of ether oxygens (including phenoxy) is 1. The highest BCUT2D eigenvalue weighted by atomic mass is 79.9. The molecule has 1 heterocycles. The number of hydrogen-bond donors (Lipinski definition) is 0. The van der Waals surface area contributed by atoms with E-state index in [4.69, 9.17) is 4.74 Å². The molecule has 0 atom stereocenters. The number of likely N-dealkylation sites (tertiary alicyclic amines) is 1. The van der Waals surface area contributed by atoms with Gasteiger partial charge in [0, 0.05) is 19.5 Å². The largest absolute Gasteiger partial charge is 0.488 e. The van der Waals surface area contributed by atoms with Gasteiger partial charge < -0.3 is 4.74 Å². The molecule has 0 saturated carbocycles. The monoisotopic (exact) mass is 395 g/mol. The van der Waals surface area contributed by atoms with Crippen LogP contribution < -0.4 is 4.74 Å². The van der Waals surface area contributed by atoms with E-state index >= 15 is 0 Å². The minimum Gasteiger partial charge on any atom is -0.488 e. The van der Waals surface area contributed by atoms with Crippen LogP contribution in [0.3, 0.4) is 0 Å². The molecule has 2 nitrogen and oxygen atoms in total. The molecule has 0 radical (unpaired) electrons. The van der Waals surface area contributed by atoms with Crippen LogP contribution >= 0.6 is 15.9 Å². The molecule has 0 bridgehead atoms. The zero-order valence-electron chi connectivity index (χ0n) is 13.4. The third kappa shape index (κ3) is 4.77. The van der Waals surface area contributed by atoms with Crippen LogP contribution in [0.5, 0.6) is 5.75 Å². The highest BCUT2D eigenvalue weighted by Gasteiger charge is 2.37. The second-order valence-electron chi connectivity index (χ2n) is 6.17. The van der Waals surface area contributed by atoms with Gasteiger partial charge in [0.25, 0.3) is 5.92 Å². The number of alkyl halides is 2. The average molecular weight is 396 g/mol. The maximum Gasteiger partial charge on any atom is 0.261 e. The molecule has 0 aromatic heterocycles. The molecular formula is C19H20BrF2NO. The minimum absolute atomic E-state index is 0.0248. The first kappa shape index (κ1) is 17.4. The van der Waals surface area contributed by atoms with Gasteiger partial charge in [-0.15, -0.1) is 0 Å². The zero-order chi connectivity index (χ0) is 17.0. The van der Waals surface area contributed by atoms with Crippen LogP contribution in [0.25, 0.3) is 0 Å². The van der Waals surface area contributed by atoms with Crippen molar-refractivity contribution in [1.29, 1.82) is 0 Å². The second kappa shape index (κ2) is 7.62. The second-order valence-corrected chi connectivity index (χ2v) is 7.03. The summed E-state index contributed by atoms with van der Waals surface area (Å²) in [7, 11) is 0. The van der Waals surface area contributed by atoms with Crippen LogP contribution in [0, 0.1) is 0 Å². The lowest BCUT2D eigenvalue weighted by molar-refractivity contribution is 0.0123. The third-order valence-electron chi connectivity index (χ3n) is 4.20. The van der Waals surface area contributed by atoms with Gasteiger partial charge in [0.1, 0.15) is 12.4 Å². The summed E-state index contributed by atoms with van der Waals surface area (Å²) in [5, 5.41) is 0. The van der Waals surface area contributed by atoms with E-state index in [1.54, 1.807) is 0 Å². The van der Waals surface area contributed by atoms with Gasteiger partial charge in [-0.3, -0.25) is 4.90 Å². The molecular weight excluding hydrogens is 376 g/mol. The summed E-state index contributed by atoms with van der Waals surface area (Å²) in [6.45, 7) is 1.53. The first-order valence-corrected chi connectivity index (χ1v) is 8.86.